The summed E-state index contributed by atoms with van der Waals surface area (Å²) < 4.78 is 31.8. The summed E-state index contributed by atoms with van der Waals surface area (Å²) in [5, 5.41) is 8.05. The number of hydrogen-bond donors (Lipinski definition) is 1. The van der Waals surface area contributed by atoms with E-state index in [1.165, 1.54) is 0 Å². The molecule has 3 heterocycles. The van der Waals surface area contributed by atoms with Gasteiger partial charge in [-0.3, -0.25) is 9.09 Å². The van der Waals surface area contributed by atoms with Crippen LogP contribution in [0.25, 0.3) is 0 Å². The van der Waals surface area contributed by atoms with Crippen molar-refractivity contribution >= 4 is 7.60 Å². The highest BCUT2D eigenvalue weighted by molar-refractivity contribution is 7.53. The van der Waals surface area contributed by atoms with E-state index in [1.54, 1.807) is 24.7 Å². The fraction of sp³-hybridized carbons (Fsp3) is 0.857. The van der Waals surface area contributed by atoms with Crippen LogP contribution in [-0.4, -0.2) is 50.5 Å². The summed E-state index contributed by atoms with van der Waals surface area (Å²) in [7, 11) is -3.77. The van der Waals surface area contributed by atoms with Crippen LogP contribution in [0.5, 0.6) is 0 Å². The van der Waals surface area contributed by atoms with Crippen molar-refractivity contribution in [3.63, 3.8) is 0 Å². The second-order valence-electron chi connectivity index (χ2n) is 6.81. The maximum atomic E-state index is 12.4. The molecule has 23 heavy (non-hydrogen) atoms. The number of fused-ring (bicyclic) bond motifs is 5. The van der Waals surface area contributed by atoms with Gasteiger partial charge in [-0.05, 0) is 20.8 Å². The van der Waals surface area contributed by atoms with Crippen LogP contribution in [0.15, 0.2) is 6.20 Å². The molecule has 2 aliphatic heterocycles. The Hall–Kier alpha value is -0.790. The molecule has 0 aliphatic carbocycles. The predicted molar refractivity (Wildman–Crippen MR) is 82.2 cm³/mol. The van der Waals surface area contributed by atoms with E-state index in [1.807, 2.05) is 20.8 Å². The average molecular weight is 345 g/mol. The van der Waals surface area contributed by atoms with E-state index >= 15 is 0 Å². The molecule has 0 amide bonds. The first-order valence-electron chi connectivity index (χ1n) is 7.90. The molecule has 1 N–H and O–H groups in total. The summed E-state index contributed by atoms with van der Waals surface area (Å²) in [6.07, 6.45) is 0.778. The van der Waals surface area contributed by atoms with Gasteiger partial charge in [0.2, 0.25) is 0 Å². The Morgan fingerprint density at radius 3 is 2.78 bits per heavy atom. The molecule has 0 radical (unpaired) electrons. The molecule has 0 aromatic carbocycles. The molecule has 1 unspecified atom stereocenters. The lowest BCUT2D eigenvalue weighted by molar-refractivity contribution is -0.137. The number of hydrogen-bond acceptors (Lipinski definition) is 6. The summed E-state index contributed by atoms with van der Waals surface area (Å²) in [6, 6.07) is -0.289. The minimum atomic E-state index is -3.77. The highest BCUT2D eigenvalue weighted by atomic mass is 31.2. The molecule has 9 heteroatoms. The Morgan fingerprint density at radius 2 is 2.17 bits per heavy atom. The van der Waals surface area contributed by atoms with E-state index in [2.05, 4.69) is 10.3 Å². The van der Waals surface area contributed by atoms with E-state index in [-0.39, 0.29) is 24.9 Å². The maximum Gasteiger partial charge on any atom is 0.331 e. The van der Waals surface area contributed by atoms with Gasteiger partial charge in [-0.25, -0.2) is 4.68 Å². The van der Waals surface area contributed by atoms with Gasteiger partial charge in [0, 0.05) is 0 Å². The zero-order valence-electron chi connectivity index (χ0n) is 14.0. The molecule has 3 rings (SSSR count). The summed E-state index contributed by atoms with van der Waals surface area (Å²) in [5.41, 5.74) is -0.716. The lowest BCUT2D eigenvalue weighted by atomic mass is 9.96. The van der Waals surface area contributed by atoms with Crippen molar-refractivity contribution in [1.29, 1.82) is 0 Å². The lowest BCUT2D eigenvalue weighted by Gasteiger charge is -2.32. The molecule has 5 atom stereocenters. The van der Waals surface area contributed by atoms with Crippen molar-refractivity contribution < 1.29 is 23.5 Å². The molecule has 2 bridgehead atoms. The van der Waals surface area contributed by atoms with E-state index < -0.39 is 25.0 Å². The number of nitrogens with zero attached hydrogens (tertiary/aromatic N) is 3. The quantitative estimate of drug-likeness (QED) is 0.786. The van der Waals surface area contributed by atoms with E-state index in [4.69, 9.17) is 14.0 Å². The van der Waals surface area contributed by atoms with Crippen molar-refractivity contribution in [3.05, 3.63) is 11.9 Å². The Balaban J connectivity index is 1.98. The van der Waals surface area contributed by atoms with Crippen LogP contribution in [-0.2, 0) is 24.2 Å². The van der Waals surface area contributed by atoms with Crippen molar-refractivity contribution in [3.8, 4) is 0 Å². The largest absolute Gasteiger partial charge is 0.375 e. The van der Waals surface area contributed by atoms with Crippen LogP contribution in [0.3, 0.4) is 0 Å². The topological polar surface area (TPSA) is 95.7 Å². The van der Waals surface area contributed by atoms with Crippen molar-refractivity contribution in [1.82, 2.24) is 15.0 Å². The molecule has 0 spiro atoms. The third-order valence-electron chi connectivity index (χ3n) is 4.49. The van der Waals surface area contributed by atoms with Crippen molar-refractivity contribution in [2.45, 2.75) is 70.2 Å². The van der Waals surface area contributed by atoms with E-state index in [0.717, 1.165) is 5.69 Å². The SMILES string of the molecule is CC(C)OC[C@@]12O[C@@H](C)[C@@H]([C@@H]1OP(=O)(O)C(C)C)n1nncc12. The molecular weight excluding hydrogens is 321 g/mol. The zero-order valence-corrected chi connectivity index (χ0v) is 14.9. The number of aromatic nitrogens is 3. The van der Waals surface area contributed by atoms with Crippen LogP contribution in [0, 0.1) is 0 Å². The van der Waals surface area contributed by atoms with Gasteiger partial charge < -0.3 is 14.4 Å². The van der Waals surface area contributed by atoms with Crippen molar-refractivity contribution in [2.75, 3.05) is 6.61 Å². The Bertz CT molecular complexity index is 634. The molecule has 2 aliphatic rings. The summed E-state index contributed by atoms with van der Waals surface area (Å²) in [5.74, 6) is 0. The van der Waals surface area contributed by atoms with Crippen molar-refractivity contribution in [2.24, 2.45) is 0 Å². The minimum absolute atomic E-state index is 0.000980. The second-order valence-corrected chi connectivity index (χ2v) is 9.18. The van der Waals surface area contributed by atoms with Gasteiger partial charge in [-0.2, -0.15) is 0 Å². The average Bonchev–Trinajstić information content (AvgIpc) is 3.06. The van der Waals surface area contributed by atoms with Gasteiger partial charge in [0.25, 0.3) is 0 Å². The third-order valence-corrected chi connectivity index (χ3v) is 6.32. The van der Waals surface area contributed by atoms with Gasteiger partial charge in [0.15, 0.2) is 5.60 Å². The number of ether oxygens (including phenoxy) is 2. The van der Waals surface area contributed by atoms with Crippen LogP contribution >= 0.6 is 7.60 Å². The van der Waals surface area contributed by atoms with E-state index in [0.29, 0.717) is 0 Å². The maximum absolute atomic E-state index is 12.4. The lowest BCUT2D eigenvalue weighted by Crippen LogP contribution is -2.41. The smallest absolute Gasteiger partial charge is 0.331 e. The summed E-state index contributed by atoms with van der Waals surface area (Å²) in [6.45, 7) is 9.32. The Kier molecular flexibility index (Phi) is 4.18. The first kappa shape index (κ1) is 17.0. The van der Waals surface area contributed by atoms with E-state index in [9.17, 15) is 9.46 Å². The number of rotatable bonds is 6. The van der Waals surface area contributed by atoms with Crippen LogP contribution in [0.4, 0.5) is 0 Å². The van der Waals surface area contributed by atoms with Crippen LogP contribution in [0.2, 0.25) is 0 Å². The molecule has 1 saturated heterocycles. The monoisotopic (exact) mass is 345 g/mol. The fourth-order valence-electron chi connectivity index (χ4n) is 3.20. The highest BCUT2D eigenvalue weighted by Crippen LogP contribution is 2.59. The van der Waals surface area contributed by atoms with Crippen LogP contribution in [0.1, 0.15) is 46.4 Å². The molecular formula is C14H24N3O5P. The van der Waals surface area contributed by atoms with Crippen LogP contribution < -0.4 is 0 Å². The van der Waals surface area contributed by atoms with Gasteiger partial charge >= 0.3 is 7.60 Å². The molecule has 1 aromatic rings. The molecule has 8 nitrogen and oxygen atoms in total. The fourth-order valence-corrected chi connectivity index (χ4v) is 4.07. The zero-order chi connectivity index (χ0) is 17.0. The molecule has 1 aromatic heterocycles. The predicted octanol–water partition coefficient (Wildman–Crippen LogP) is 1.85. The minimum Gasteiger partial charge on any atom is -0.375 e. The van der Waals surface area contributed by atoms with Gasteiger partial charge in [0.1, 0.15) is 12.1 Å². The molecule has 130 valence electrons. The summed E-state index contributed by atoms with van der Waals surface area (Å²) in [4.78, 5) is 10.2. The third kappa shape index (κ3) is 2.57. The Morgan fingerprint density at radius 1 is 1.48 bits per heavy atom. The second kappa shape index (κ2) is 5.63. The highest BCUT2D eigenvalue weighted by Gasteiger charge is 2.66. The Labute approximate surface area is 135 Å². The first-order valence-corrected chi connectivity index (χ1v) is 9.54. The molecule has 1 fully saturated rings. The van der Waals surface area contributed by atoms with Gasteiger partial charge in [-0.15, -0.1) is 5.10 Å². The standard InChI is InChI=1S/C14H24N3O5P/c1-8(2)20-7-14-11-6-15-16-17(11)12(10(5)21-14)13(14)22-23(18,19)9(3)4/h6,8-10,12-13H,7H2,1-5H3,(H,18,19)/t10-,12-,13-,14-/m0/s1. The first-order chi connectivity index (χ1) is 10.7. The summed E-state index contributed by atoms with van der Waals surface area (Å²) >= 11 is 0. The molecule has 0 saturated carbocycles. The van der Waals surface area contributed by atoms with Gasteiger partial charge in [-0.1, -0.05) is 19.1 Å². The normalized spacial score (nSPS) is 35.0. The van der Waals surface area contributed by atoms with Gasteiger partial charge in [0.05, 0.1) is 36.4 Å².